The Morgan fingerprint density at radius 1 is 0.867 bits per heavy atom. The van der Waals surface area contributed by atoms with Gasteiger partial charge in [0.25, 0.3) is 0 Å². The Balaban J connectivity index is 1.91. The third-order valence-corrected chi connectivity index (χ3v) is 14.0. The van der Waals surface area contributed by atoms with E-state index in [0.717, 1.165) is 23.3 Å². The van der Waals surface area contributed by atoms with Gasteiger partial charge >= 0.3 is 0 Å². The van der Waals surface area contributed by atoms with Crippen LogP contribution in [0.15, 0.2) is 78.0 Å². The van der Waals surface area contributed by atoms with Crippen LogP contribution >= 0.6 is 0 Å². The summed E-state index contributed by atoms with van der Waals surface area (Å²) in [6.45, 7) is 19.1. The predicted molar refractivity (Wildman–Crippen MR) is 192 cm³/mol. The highest BCUT2D eigenvalue weighted by Crippen LogP contribution is 2.38. The molecule has 250 valence electrons. The third-order valence-electron chi connectivity index (χ3n) is 9.47. The SMILES string of the molecule is C/C=C\O[C@H]1O[C@H](CO[Si](C)(C)C(C)(C)C)[C@@H](C)[C@H](OCCCCCCCCCC)[C@H]1N=C(c1ccccc1)c1ccccc1. The molecule has 1 fully saturated rings. The maximum Gasteiger partial charge on any atom is 0.224 e. The van der Waals surface area contributed by atoms with Crippen molar-refractivity contribution in [3.8, 4) is 0 Å². The Hall–Kier alpha value is -2.25. The molecule has 1 aliphatic heterocycles. The first kappa shape index (κ1) is 37.2. The van der Waals surface area contributed by atoms with E-state index in [-0.39, 0.29) is 29.2 Å². The molecule has 0 saturated carbocycles. The molecule has 0 radical (unpaired) electrons. The van der Waals surface area contributed by atoms with Crippen molar-refractivity contribution in [2.75, 3.05) is 13.2 Å². The molecule has 5 nitrogen and oxygen atoms in total. The molecular weight excluding hydrogens is 575 g/mol. The number of hydrogen-bond acceptors (Lipinski definition) is 5. The number of benzene rings is 2. The number of allylic oxidation sites excluding steroid dienone is 1. The van der Waals surface area contributed by atoms with Crippen molar-refractivity contribution in [1.29, 1.82) is 0 Å². The predicted octanol–water partition coefficient (Wildman–Crippen LogP) is 10.4. The summed E-state index contributed by atoms with van der Waals surface area (Å²) < 4.78 is 26.6. The van der Waals surface area contributed by atoms with E-state index < -0.39 is 14.6 Å². The average Bonchev–Trinajstić information content (AvgIpc) is 3.03. The molecule has 1 aliphatic rings. The lowest BCUT2D eigenvalue weighted by Crippen LogP contribution is -2.57. The van der Waals surface area contributed by atoms with Crippen LogP contribution in [0.3, 0.4) is 0 Å². The summed E-state index contributed by atoms with van der Waals surface area (Å²) in [4.78, 5) is 5.46. The van der Waals surface area contributed by atoms with Gasteiger partial charge < -0.3 is 18.6 Å². The molecule has 2 aromatic rings. The average molecular weight is 636 g/mol. The molecule has 0 bridgehead atoms. The zero-order chi connectivity index (χ0) is 32.7. The highest BCUT2D eigenvalue weighted by molar-refractivity contribution is 6.74. The van der Waals surface area contributed by atoms with Crippen LogP contribution in [0.2, 0.25) is 18.1 Å². The summed E-state index contributed by atoms with van der Waals surface area (Å²) in [5, 5.41) is 0.116. The molecule has 6 heteroatoms. The van der Waals surface area contributed by atoms with Gasteiger partial charge in [0.1, 0.15) is 6.04 Å². The Labute approximate surface area is 276 Å². The lowest BCUT2D eigenvalue weighted by molar-refractivity contribution is -0.238. The maximum absolute atomic E-state index is 6.83. The van der Waals surface area contributed by atoms with Crippen LogP contribution in [0, 0.1) is 5.92 Å². The van der Waals surface area contributed by atoms with Gasteiger partial charge in [0, 0.05) is 23.7 Å². The van der Waals surface area contributed by atoms with E-state index in [0.29, 0.717) is 13.2 Å². The molecule has 1 saturated heterocycles. The Kier molecular flexibility index (Phi) is 15.5. The van der Waals surface area contributed by atoms with Crippen molar-refractivity contribution >= 4 is 14.0 Å². The van der Waals surface area contributed by atoms with Gasteiger partial charge in [-0.2, -0.15) is 0 Å². The van der Waals surface area contributed by atoms with Gasteiger partial charge in [-0.3, -0.25) is 4.99 Å². The van der Waals surface area contributed by atoms with E-state index in [1.54, 1.807) is 6.26 Å². The van der Waals surface area contributed by atoms with Crippen LogP contribution in [0.1, 0.15) is 104 Å². The largest absolute Gasteiger partial charge is 0.470 e. The number of unbranched alkanes of at least 4 members (excludes halogenated alkanes) is 7. The highest BCUT2D eigenvalue weighted by Gasteiger charge is 2.47. The minimum Gasteiger partial charge on any atom is -0.470 e. The number of nitrogens with zero attached hydrogens (tertiary/aromatic N) is 1. The van der Waals surface area contributed by atoms with Gasteiger partial charge in [0.2, 0.25) is 6.29 Å². The molecule has 0 spiro atoms. The molecule has 0 unspecified atom stereocenters. The summed E-state index contributed by atoms with van der Waals surface area (Å²) in [6.07, 6.45) is 12.8. The van der Waals surface area contributed by atoms with Gasteiger partial charge in [0.15, 0.2) is 8.32 Å². The van der Waals surface area contributed by atoms with E-state index in [4.69, 9.17) is 23.6 Å². The monoisotopic (exact) mass is 635 g/mol. The van der Waals surface area contributed by atoms with Crippen LogP contribution in [0.5, 0.6) is 0 Å². The number of hydrogen-bond donors (Lipinski definition) is 0. The van der Waals surface area contributed by atoms with Crippen molar-refractivity contribution in [2.45, 2.75) is 136 Å². The van der Waals surface area contributed by atoms with Crippen LogP contribution in [-0.2, 0) is 18.6 Å². The molecule has 2 aromatic carbocycles. The van der Waals surface area contributed by atoms with Crippen molar-refractivity contribution in [3.05, 3.63) is 84.1 Å². The maximum atomic E-state index is 6.83. The second-order valence-corrected chi connectivity index (χ2v) is 18.9. The standard InChI is InChI=1S/C39H61NO4Si/c1-9-11-12-13-14-15-16-23-29-41-37-31(3)34(30-43-45(7,8)39(4,5)6)44-38(42-28-10-2)36(37)40-35(32-24-19-17-20-25-32)33-26-21-18-22-27-33/h10,17-22,24-28,31,34,36-38H,9,11-16,23,29-30H2,1-8H3/b28-10-/t31-,34-,36-,37+,38+/m1/s1. The summed E-state index contributed by atoms with van der Waals surface area (Å²) in [5.41, 5.74) is 3.04. The second kappa shape index (κ2) is 18.8. The minimum atomic E-state index is -1.98. The van der Waals surface area contributed by atoms with E-state index in [9.17, 15) is 0 Å². The van der Waals surface area contributed by atoms with Gasteiger partial charge in [-0.15, -0.1) is 0 Å². The van der Waals surface area contributed by atoms with E-state index in [1.165, 1.54) is 44.9 Å². The summed E-state index contributed by atoms with van der Waals surface area (Å²) in [6, 6.07) is 20.4. The normalized spacial score (nSPS) is 22.4. The van der Waals surface area contributed by atoms with E-state index >= 15 is 0 Å². The zero-order valence-corrected chi connectivity index (χ0v) is 30.5. The molecule has 0 amide bonds. The molecule has 0 aromatic heterocycles. The lowest BCUT2D eigenvalue weighted by Gasteiger charge is -2.45. The topological polar surface area (TPSA) is 49.3 Å². The fourth-order valence-electron chi connectivity index (χ4n) is 5.52. The van der Waals surface area contributed by atoms with E-state index in [1.807, 2.05) is 25.1 Å². The number of aliphatic imine (C=N–C) groups is 1. The molecule has 0 aliphatic carbocycles. The van der Waals surface area contributed by atoms with Crippen LogP contribution in [0.4, 0.5) is 0 Å². The van der Waals surface area contributed by atoms with Gasteiger partial charge in [-0.05, 0) is 31.5 Å². The van der Waals surface area contributed by atoms with Crippen LogP contribution < -0.4 is 0 Å². The molecule has 1 heterocycles. The highest BCUT2D eigenvalue weighted by atomic mass is 28.4. The van der Waals surface area contributed by atoms with E-state index in [2.05, 4.69) is 96.2 Å². The smallest absolute Gasteiger partial charge is 0.224 e. The van der Waals surface area contributed by atoms with Crippen molar-refractivity contribution in [1.82, 2.24) is 0 Å². The van der Waals surface area contributed by atoms with Crippen molar-refractivity contribution in [2.24, 2.45) is 10.9 Å². The number of rotatable bonds is 18. The first-order valence-electron chi connectivity index (χ1n) is 17.4. The molecule has 3 rings (SSSR count). The molecule has 5 atom stereocenters. The minimum absolute atomic E-state index is 0.0656. The fraction of sp³-hybridized carbons (Fsp3) is 0.615. The summed E-state index contributed by atoms with van der Waals surface area (Å²) >= 11 is 0. The van der Waals surface area contributed by atoms with Gasteiger partial charge in [-0.25, -0.2) is 0 Å². The van der Waals surface area contributed by atoms with Gasteiger partial charge in [-0.1, -0.05) is 146 Å². The number of ether oxygens (including phenoxy) is 3. The molecule has 0 N–H and O–H groups in total. The molecular formula is C39H61NO4Si. The summed E-state index contributed by atoms with van der Waals surface area (Å²) in [7, 11) is -1.98. The fourth-order valence-corrected chi connectivity index (χ4v) is 6.53. The Morgan fingerprint density at radius 3 is 1.96 bits per heavy atom. The zero-order valence-electron chi connectivity index (χ0n) is 29.5. The Morgan fingerprint density at radius 2 is 1.42 bits per heavy atom. The van der Waals surface area contributed by atoms with Crippen molar-refractivity contribution in [3.63, 3.8) is 0 Å². The first-order chi connectivity index (χ1) is 21.6. The third kappa shape index (κ3) is 11.5. The molecule has 45 heavy (non-hydrogen) atoms. The summed E-state index contributed by atoms with van der Waals surface area (Å²) in [5.74, 6) is 0.0656. The van der Waals surface area contributed by atoms with Crippen LogP contribution in [-0.4, -0.2) is 51.8 Å². The van der Waals surface area contributed by atoms with Gasteiger partial charge in [0.05, 0.1) is 30.8 Å². The Bertz CT molecular complexity index is 1100. The van der Waals surface area contributed by atoms with Crippen LogP contribution in [0.25, 0.3) is 0 Å². The lowest BCUT2D eigenvalue weighted by atomic mass is 9.88. The second-order valence-electron chi connectivity index (χ2n) is 14.1. The first-order valence-corrected chi connectivity index (χ1v) is 20.4. The van der Waals surface area contributed by atoms with Crippen molar-refractivity contribution < 1.29 is 18.6 Å². The quantitative estimate of drug-likeness (QED) is 0.0708.